The minimum absolute atomic E-state index is 0.119. The molecule has 29 heavy (non-hydrogen) atoms. The molecule has 0 spiro atoms. The molecular weight excluding hydrogens is 385 g/mol. The van der Waals surface area contributed by atoms with E-state index in [0.717, 1.165) is 0 Å². The van der Waals surface area contributed by atoms with Gasteiger partial charge in [0.05, 0.1) is 85.0 Å². The van der Waals surface area contributed by atoms with E-state index >= 15 is 0 Å². The number of nitrogen functional groups attached to an aromatic ring is 1. The molecule has 1 aromatic carbocycles. The van der Waals surface area contributed by atoms with Gasteiger partial charge in [-0.15, -0.1) is 0 Å². The van der Waals surface area contributed by atoms with E-state index < -0.39 is 6.67 Å². The number of benzene rings is 1. The van der Waals surface area contributed by atoms with Gasteiger partial charge in [0, 0.05) is 0 Å². The first-order chi connectivity index (χ1) is 14.3. The molecule has 0 saturated carbocycles. The van der Waals surface area contributed by atoms with E-state index in [9.17, 15) is 4.39 Å². The van der Waals surface area contributed by atoms with Crippen molar-refractivity contribution in [3.05, 3.63) is 24.3 Å². The minimum Gasteiger partial charge on any atom is -0.489 e. The van der Waals surface area contributed by atoms with Gasteiger partial charge >= 0.3 is 0 Å². The molecular formula is C20H34FNO7. The highest BCUT2D eigenvalue weighted by Gasteiger charge is 1.98. The van der Waals surface area contributed by atoms with E-state index in [1.54, 1.807) is 6.07 Å². The predicted molar refractivity (Wildman–Crippen MR) is 107 cm³/mol. The van der Waals surface area contributed by atoms with Crippen molar-refractivity contribution >= 4 is 5.69 Å². The second-order valence-electron chi connectivity index (χ2n) is 5.75. The molecule has 1 aromatic rings. The molecule has 0 aliphatic heterocycles. The molecule has 0 aromatic heterocycles. The van der Waals surface area contributed by atoms with E-state index in [1.165, 1.54) is 0 Å². The number of nitrogens with two attached hydrogens (primary N) is 1. The maximum absolute atomic E-state index is 11.8. The van der Waals surface area contributed by atoms with Gasteiger partial charge < -0.3 is 38.9 Å². The summed E-state index contributed by atoms with van der Waals surface area (Å²) in [6.45, 7) is 5.36. The monoisotopic (exact) mass is 419 g/mol. The molecule has 0 heterocycles. The molecule has 0 fully saturated rings. The van der Waals surface area contributed by atoms with E-state index in [0.29, 0.717) is 90.7 Å². The normalized spacial score (nSPS) is 11.1. The Labute approximate surface area is 172 Å². The van der Waals surface area contributed by atoms with Crippen molar-refractivity contribution in [1.29, 1.82) is 0 Å². The third-order valence-electron chi connectivity index (χ3n) is 3.49. The zero-order valence-corrected chi connectivity index (χ0v) is 17.0. The number of alkyl halides is 1. The highest BCUT2D eigenvalue weighted by atomic mass is 19.1. The number of rotatable bonds is 21. The Morgan fingerprint density at radius 1 is 0.552 bits per heavy atom. The number of anilines is 1. The number of halogens is 1. The van der Waals surface area contributed by atoms with Gasteiger partial charge in [0.25, 0.3) is 0 Å². The van der Waals surface area contributed by atoms with Crippen LogP contribution in [-0.4, -0.2) is 92.6 Å². The highest BCUT2D eigenvalue weighted by molar-refractivity contribution is 5.51. The second-order valence-corrected chi connectivity index (χ2v) is 5.75. The Kier molecular flexibility index (Phi) is 17.5. The first-order valence-electron chi connectivity index (χ1n) is 9.84. The minimum atomic E-state index is -0.469. The number of hydrogen-bond acceptors (Lipinski definition) is 8. The first kappa shape index (κ1) is 25.5. The number of hydrogen-bond donors (Lipinski definition) is 1. The average Bonchev–Trinajstić information content (AvgIpc) is 2.73. The lowest BCUT2D eigenvalue weighted by Crippen LogP contribution is -2.15. The number of para-hydroxylation sites is 2. The van der Waals surface area contributed by atoms with E-state index in [-0.39, 0.29) is 6.61 Å². The second kappa shape index (κ2) is 19.8. The van der Waals surface area contributed by atoms with Gasteiger partial charge in [0.2, 0.25) is 0 Å². The fourth-order valence-electron chi connectivity index (χ4n) is 2.08. The van der Waals surface area contributed by atoms with Gasteiger partial charge in [-0.2, -0.15) is 0 Å². The van der Waals surface area contributed by atoms with Crippen molar-refractivity contribution in [3.8, 4) is 5.75 Å². The topological polar surface area (TPSA) is 90.6 Å². The fourth-order valence-corrected chi connectivity index (χ4v) is 2.08. The number of ether oxygens (including phenoxy) is 7. The van der Waals surface area contributed by atoms with Crippen LogP contribution in [0.2, 0.25) is 0 Å². The molecule has 0 saturated heterocycles. The van der Waals surface area contributed by atoms with Gasteiger partial charge in [-0.1, -0.05) is 12.1 Å². The SMILES string of the molecule is Nc1ccccc1OCCOCCOCCOCCOCCOCCOCCF. The van der Waals surface area contributed by atoms with Gasteiger partial charge in [0.1, 0.15) is 19.0 Å². The van der Waals surface area contributed by atoms with Crippen molar-refractivity contribution < 1.29 is 37.5 Å². The first-order valence-corrected chi connectivity index (χ1v) is 9.84. The summed E-state index contributed by atoms with van der Waals surface area (Å²) >= 11 is 0. The molecule has 0 amide bonds. The van der Waals surface area contributed by atoms with Crippen LogP contribution in [0.4, 0.5) is 10.1 Å². The lowest BCUT2D eigenvalue weighted by atomic mass is 10.3. The maximum Gasteiger partial charge on any atom is 0.142 e. The standard InChI is InChI=1S/C20H34FNO7/c21-5-6-23-7-8-24-9-10-25-11-12-26-13-14-27-15-16-28-17-18-29-20-4-2-1-3-19(20)22/h1-4H,5-18,22H2. The van der Waals surface area contributed by atoms with Crippen LogP contribution in [-0.2, 0) is 28.4 Å². The van der Waals surface area contributed by atoms with E-state index in [1.807, 2.05) is 18.2 Å². The van der Waals surface area contributed by atoms with Crippen LogP contribution in [0.5, 0.6) is 5.75 Å². The smallest absolute Gasteiger partial charge is 0.142 e. The van der Waals surface area contributed by atoms with Crippen LogP contribution in [0, 0.1) is 0 Å². The van der Waals surface area contributed by atoms with Gasteiger partial charge in [-0.3, -0.25) is 0 Å². The summed E-state index contributed by atoms with van der Waals surface area (Å²) in [5, 5.41) is 0. The fraction of sp³-hybridized carbons (Fsp3) is 0.700. The lowest BCUT2D eigenvalue weighted by molar-refractivity contribution is -0.0181. The summed E-state index contributed by atoms with van der Waals surface area (Å²) in [6, 6.07) is 7.36. The van der Waals surface area contributed by atoms with Crippen LogP contribution in [0.3, 0.4) is 0 Å². The Bertz CT molecular complexity index is 482. The van der Waals surface area contributed by atoms with Crippen LogP contribution in [0.15, 0.2) is 24.3 Å². The van der Waals surface area contributed by atoms with Crippen molar-refractivity contribution in [1.82, 2.24) is 0 Å². The van der Waals surface area contributed by atoms with Crippen molar-refractivity contribution in [3.63, 3.8) is 0 Å². The molecule has 168 valence electrons. The molecule has 9 heteroatoms. The molecule has 0 bridgehead atoms. The lowest BCUT2D eigenvalue weighted by Gasteiger charge is -2.09. The van der Waals surface area contributed by atoms with E-state index in [4.69, 9.17) is 38.9 Å². The maximum atomic E-state index is 11.8. The van der Waals surface area contributed by atoms with Gasteiger partial charge in [0.15, 0.2) is 0 Å². The molecule has 2 N–H and O–H groups in total. The molecule has 0 atom stereocenters. The van der Waals surface area contributed by atoms with Crippen molar-refractivity contribution in [2.75, 3.05) is 98.3 Å². The Hall–Kier alpha value is -1.49. The average molecular weight is 419 g/mol. The Balaban J connectivity index is 1.70. The molecule has 0 aliphatic rings. The Morgan fingerprint density at radius 3 is 1.34 bits per heavy atom. The summed E-state index contributed by atoms with van der Waals surface area (Å²) in [4.78, 5) is 0. The third kappa shape index (κ3) is 16.0. The Morgan fingerprint density at radius 2 is 0.931 bits per heavy atom. The zero-order chi connectivity index (χ0) is 20.8. The van der Waals surface area contributed by atoms with Crippen LogP contribution < -0.4 is 10.5 Å². The van der Waals surface area contributed by atoms with Crippen LogP contribution in [0.1, 0.15) is 0 Å². The molecule has 0 radical (unpaired) electrons. The zero-order valence-electron chi connectivity index (χ0n) is 17.0. The molecule has 0 aliphatic carbocycles. The van der Waals surface area contributed by atoms with Crippen LogP contribution in [0.25, 0.3) is 0 Å². The highest BCUT2D eigenvalue weighted by Crippen LogP contribution is 2.19. The van der Waals surface area contributed by atoms with Crippen LogP contribution >= 0.6 is 0 Å². The summed E-state index contributed by atoms with van der Waals surface area (Å²) in [6.07, 6.45) is 0. The van der Waals surface area contributed by atoms with Gasteiger partial charge in [-0.05, 0) is 12.1 Å². The molecule has 8 nitrogen and oxygen atoms in total. The van der Waals surface area contributed by atoms with Crippen molar-refractivity contribution in [2.24, 2.45) is 0 Å². The van der Waals surface area contributed by atoms with Gasteiger partial charge in [-0.25, -0.2) is 4.39 Å². The summed E-state index contributed by atoms with van der Waals surface area (Å²) < 4.78 is 49.1. The van der Waals surface area contributed by atoms with Crippen molar-refractivity contribution in [2.45, 2.75) is 0 Å². The molecule has 1 rings (SSSR count). The summed E-state index contributed by atoms with van der Waals surface area (Å²) in [7, 11) is 0. The predicted octanol–water partition coefficient (Wildman–Crippen LogP) is 1.72. The molecule has 0 unspecified atom stereocenters. The third-order valence-corrected chi connectivity index (χ3v) is 3.49. The summed E-state index contributed by atoms with van der Waals surface area (Å²) in [5.74, 6) is 0.667. The van der Waals surface area contributed by atoms with E-state index in [2.05, 4.69) is 0 Å². The quantitative estimate of drug-likeness (QED) is 0.238. The summed E-state index contributed by atoms with van der Waals surface area (Å²) in [5.41, 5.74) is 6.40. The largest absolute Gasteiger partial charge is 0.489 e.